The monoisotopic (exact) mass is 436 g/mol. The molecule has 1 aliphatic heterocycles. The molecule has 2 aliphatic carbocycles. The summed E-state index contributed by atoms with van der Waals surface area (Å²) in [6, 6.07) is 8.34. The van der Waals surface area contributed by atoms with Crippen LogP contribution < -0.4 is 0 Å². The van der Waals surface area contributed by atoms with E-state index >= 15 is 0 Å². The Bertz CT molecular complexity index is 791. The molecule has 0 amide bonds. The van der Waals surface area contributed by atoms with Crippen LogP contribution in [-0.2, 0) is 28.5 Å². The number of hydrogen-bond donors (Lipinski definition) is 3. The minimum Gasteiger partial charge on any atom is -0.454 e. The van der Waals surface area contributed by atoms with Gasteiger partial charge in [0.1, 0.15) is 30.5 Å². The molecule has 7 atom stereocenters. The average molecular weight is 436 g/mol. The van der Waals surface area contributed by atoms with Gasteiger partial charge in [0, 0.05) is 25.3 Å². The van der Waals surface area contributed by atoms with E-state index in [4.69, 9.17) is 18.9 Å². The Balaban J connectivity index is 1.57. The topological polar surface area (TPSA) is 132 Å². The summed E-state index contributed by atoms with van der Waals surface area (Å²) in [5, 5.41) is 31.4. The Morgan fingerprint density at radius 3 is 2.26 bits per heavy atom. The second kappa shape index (κ2) is 8.84. The van der Waals surface area contributed by atoms with Gasteiger partial charge in [-0.05, 0) is 12.8 Å². The number of ether oxygens (including phenoxy) is 4. The Morgan fingerprint density at radius 2 is 1.61 bits per heavy atom. The smallest absolute Gasteiger partial charge is 0.352 e. The normalized spacial score (nSPS) is 35.2. The number of fused-ring (bicyclic) bond motifs is 1. The lowest BCUT2D eigenvalue weighted by Crippen LogP contribution is -2.63. The molecule has 1 aromatic carbocycles. The van der Waals surface area contributed by atoms with E-state index in [0.29, 0.717) is 18.4 Å². The summed E-state index contributed by atoms with van der Waals surface area (Å²) in [5.74, 6) is -2.52. The van der Waals surface area contributed by atoms with Gasteiger partial charge in [-0.2, -0.15) is 0 Å². The summed E-state index contributed by atoms with van der Waals surface area (Å²) in [6.07, 6.45) is -5.14. The lowest BCUT2D eigenvalue weighted by molar-refractivity contribution is -0.218. The summed E-state index contributed by atoms with van der Waals surface area (Å²) in [4.78, 5) is 24.6. The first-order chi connectivity index (χ1) is 14.8. The lowest BCUT2D eigenvalue weighted by Gasteiger charge is -2.40. The van der Waals surface area contributed by atoms with E-state index in [1.54, 1.807) is 30.3 Å². The third kappa shape index (κ3) is 4.33. The van der Waals surface area contributed by atoms with Crippen molar-refractivity contribution in [3.05, 3.63) is 35.9 Å². The molecular formula is C22H28O9. The fraction of sp³-hybridized carbons (Fsp3) is 0.636. The van der Waals surface area contributed by atoms with Crippen LogP contribution in [0.4, 0.5) is 0 Å². The zero-order valence-electron chi connectivity index (χ0n) is 17.3. The fourth-order valence-corrected chi connectivity index (χ4v) is 4.67. The molecule has 1 heterocycles. The summed E-state index contributed by atoms with van der Waals surface area (Å²) < 4.78 is 22.9. The second-order valence-corrected chi connectivity index (χ2v) is 8.41. The molecule has 1 aromatic rings. The predicted molar refractivity (Wildman–Crippen MR) is 104 cm³/mol. The van der Waals surface area contributed by atoms with Crippen LogP contribution in [0.2, 0.25) is 0 Å². The fourth-order valence-electron chi connectivity index (χ4n) is 4.67. The molecular weight excluding hydrogens is 408 g/mol. The highest BCUT2D eigenvalue weighted by molar-refractivity contribution is 5.80. The number of hydrogen-bond acceptors (Lipinski definition) is 9. The lowest BCUT2D eigenvalue weighted by atomic mass is 9.85. The van der Waals surface area contributed by atoms with Gasteiger partial charge in [-0.15, -0.1) is 0 Å². The van der Waals surface area contributed by atoms with Gasteiger partial charge in [0.25, 0.3) is 0 Å². The van der Waals surface area contributed by atoms with Crippen molar-refractivity contribution in [2.45, 2.75) is 87.5 Å². The highest BCUT2D eigenvalue weighted by Crippen LogP contribution is 2.45. The predicted octanol–water partition coefficient (Wildman–Crippen LogP) is 0.743. The van der Waals surface area contributed by atoms with Crippen LogP contribution in [-0.4, -0.2) is 69.7 Å². The maximum atomic E-state index is 13.0. The minimum absolute atomic E-state index is 0.400. The van der Waals surface area contributed by atoms with Crippen LogP contribution in [0.15, 0.2) is 30.3 Å². The number of esters is 2. The maximum absolute atomic E-state index is 13.0. The van der Waals surface area contributed by atoms with Crippen molar-refractivity contribution in [3.63, 3.8) is 0 Å². The van der Waals surface area contributed by atoms with Crippen molar-refractivity contribution < 1.29 is 43.9 Å². The summed E-state index contributed by atoms with van der Waals surface area (Å²) in [6.45, 7) is 1.18. The number of aliphatic hydroxyl groups is 3. The Kier molecular flexibility index (Phi) is 6.32. The quantitative estimate of drug-likeness (QED) is 0.585. The zero-order valence-corrected chi connectivity index (χ0v) is 17.3. The molecule has 2 saturated carbocycles. The first kappa shape index (κ1) is 22.2. The van der Waals surface area contributed by atoms with Gasteiger partial charge in [-0.3, -0.25) is 4.79 Å². The van der Waals surface area contributed by atoms with Crippen molar-refractivity contribution >= 4 is 11.9 Å². The molecule has 3 N–H and O–H groups in total. The van der Waals surface area contributed by atoms with Gasteiger partial charge in [-0.25, -0.2) is 4.79 Å². The van der Waals surface area contributed by atoms with E-state index in [2.05, 4.69) is 0 Å². The van der Waals surface area contributed by atoms with E-state index in [-0.39, 0.29) is 0 Å². The summed E-state index contributed by atoms with van der Waals surface area (Å²) >= 11 is 0. The molecule has 1 spiro atoms. The third-order valence-electron chi connectivity index (χ3n) is 6.19. The van der Waals surface area contributed by atoms with E-state index in [0.717, 1.165) is 19.3 Å². The average Bonchev–Trinajstić information content (AvgIpc) is 3.13. The summed E-state index contributed by atoms with van der Waals surface area (Å²) in [7, 11) is 0. The van der Waals surface area contributed by atoms with E-state index in [9.17, 15) is 24.9 Å². The maximum Gasteiger partial charge on any atom is 0.352 e. The first-order valence-electron chi connectivity index (χ1n) is 10.6. The molecule has 9 nitrogen and oxygen atoms in total. The molecule has 0 aromatic heterocycles. The van der Waals surface area contributed by atoms with Crippen molar-refractivity contribution in [3.8, 4) is 0 Å². The third-order valence-corrected chi connectivity index (χ3v) is 6.19. The van der Waals surface area contributed by atoms with Crippen LogP contribution in [0, 0.1) is 0 Å². The van der Waals surface area contributed by atoms with Gasteiger partial charge in [0.05, 0.1) is 0 Å². The molecule has 0 bridgehead atoms. The van der Waals surface area contributed by atoms with Gasteiger partial charge in [0.15, 0.2) is 11.9 Å². The van der Waals surface area contributed by atoms with Crippen LogP contribution in [0.5, 0.6) is 0 Å². The standard InChI is InChI=1S/C22H28O9/c1-12(23)28-17(13-8-4-2-5-9-13)21(27)29-18-15(25)14(24)16(26)19-20(18)31-22(30-19)10-6-3-7-11-22/h2,4-5,8-9,14-20,24-26H,3,6-7,10-11H2,1H3/t14-,15-,16+,17-,18+,19-,20+/m0/s1. The first-order valence-corrected chi connectivity index (χ1v) is 10.6. The van der Waals surface area contributed by atoms with Crippen molar-refractivity contribution in [1.82, 2.24) is 0 Å². The molecule has 9 heteroatoms. The highest BCUT2D eigenvalue weighted by atomic mass is 16.8. The molecule has 3 fully saturated rings. The zero-order chi connectivity index (χ0) is 22.2. The molecule has 0 radical (unpaired) electrons. The van der Waals surface area contributed by atoms with Crippen molar-refractivity contribution in [1.29, 1.82) is 0 Å². The number of rotatable bonds is 4. The van der Waals surface area contributed by atoms with Crippen molar-refractivity contribution in [2.24, 2.45) is 0 Å². The number of carbonyl (C=O) groups is 2. The number of aliphatic hydroxyl groups excluding tert-OH is 3. The van der Waals surface area contributed by atoms with E-state index in [1.165, 1.54) is 6.92 Å². The van der Waals surface area contributed by atoms with E-state index in [1.807, 2.05) is 0 Å². The molecule has 0 unspecified atom stereocenters. The molecule has 170 valence electrons. The van der Waals surface area contributed by atoms with Crippen LogP contribution >= 0.6 is 0 Å². The number of benzene rings is 1. The Labute approximate surface area is 179 Å². The molecule has 1 saturated heterocycles. The van der Waals surface area contributed by atoms with E-state index < -0.39 is 60.5 Å². The minimum atomic E-state index is -1.60. The Hall–Kier alpha value is -2.04. The van der Waals surface area contributed by atoms with Crippen molar-refractivity contribution in [2.75, 3.05) is 0 Å². The molecule has 31 heavy (non-hydrogen) atoms. The highest BCUT2D eigenvalue weighted by Gasteiger charge is 2.61. The molecule has 4 rings (SSSR count). The van der Waals surface area contributed by atoms with Crippen LogP contribution in [0.25, 0.3) is 0 Å². The number of carbonyl (C=O) groups excluding carboxylic acids is 2. The van der Waals surface area contributed by atoms with Crippen LogP contribution in [0.3, 0.4) is 0 Å². The van der Waals surface area contributed by atoms with Gasteiger partial charge in [0.2, 0.25) is 6.10 Å². The Morgan fingerprint density at radius 1 is 0.968 bits per heavy atom. The van der Waals surface area contributed by atoms with Gasteiger partial charge < -0.3 is 34.3 Å². The largest absolute Gasteiger partial charge is 0.454 e. The van der Waals surface area contributed by atoms with Gasteiger partial charge >= 0.3 is 11.9 Å². The summed E-state index contributed by atoms with van der Waals surface area (Å²) in [5.41, 5.74) is 0.400. The second-order valence-electron chi connectivity index (χ2n) is 8.41. The van der Waals surface area contributed by atoms with Crippen LogP contribution in [0.1, 0.15) is 50.7 Å². The van der Waals surface area contributed by atoms with Gasteiger partial charge in [-0.1, -0.05) is 36.8 Å². The molecule has 3 aliphatic rings. The SMILES string of the molecule is CC(=O)O[C@H](C(=O)O[C@@H]1[C@@H](O)[C@H](O)[C@@H](O)[C@@H]2OC3(CCCCC3)O[C@H]12)c1ccccc1.